The summed E-state index contributed by atoms with van der Waals surface area (Å²) >= 11 is 1.60. The molecule has 0 spiro atoms. The standard InChI is InChI=1S/C19H19N3O3S2/c1-13-16(8-9-17(22-13)18-3-2-12-26-18)19(23)21-11-10-14-4-6-15(7-5-14)27(20,24)25/h2-9,12H,10-11H2,1H3,(H,21,23)(H2,20,24,25). The molecule has 6 nitrogen and oxygen atoms in total. The zero-order chi connectivity index (χ0) is 19.4. The number of amides is 1. The van der Waals surface area contributed by atoms with E-state index in [1.165, 1.54) is 12.1 Å². The van der Waals surface area contributed by atoms with Crippen molar-refractivity contribution in [1.29, 1.82) is 0 Å². The first-order chi connectivity index (χ1) is 12.8. The van der Waals surface area contributed by atoms with Crippen LogP contribution in [-0.2, 0) is 16.4 Å². The quantitative estimate of drug-likeness (QED) is 0.663. The molecule has 0 fully saturated rings. The minimum atomic E-state index is -3.69. The molecule has 0 aliphatic carbocycles. The Labute approximate surface area is 162 Å². The minimum absolute atomic E-state index is 0.0721. The summed E-state index contributed by atoms with van der Waals surface area (Å²) in [7, 11) is -3.69. The lowest BCUT2D eigenvalue weighted by atomic mass is 10.1. The highest BCUT2D eigenvalue weighted by Gasteiger charge is 2.12. The van der Waals surface area contributed by atoms with Gasteiger partial charge in [-0.15, -0.1) is 11.3 Å². The maximum absolute atomic E-state index is 12.4. The van der Waals surface area contributed by atoms with E-state index in [2.05, 4.69) is 10.3 Å². The van der Waals surface area contributed by atoms with E-state index in [4.69, 9.17) is 5.14 Å². The number of hydrogen-bond donors (Lipinski definition) is 2. The number of primary sulfonamides is 1. The van der Waals surface area contributed by atoms with Crippen LogP contribution in [0.1, 0.15) is 21.6 Å². The second kappa shape index (κ2) is 7.99. The fraction of sp³-hybridized carbons (Fsp3) is 0.158. The van der Waals surface area contributed by atoms with Gasteiger partial charge in [0.1, 0.15) is 0 Å². The molecule has 0 bridgehead atoms. The van der Waals surface area contributed by atoms with Crippen LogP contribution in [0.2, 0.25) is 0 Å². The highest BCUT2D eigenvalue weighted by atomic mass is 32.2. The van der Waals surface area contributed by atoms with Gasteiger partial charge in [-0.1, -0.05) is 18.2 Å². The fourth-order valence-electron chi connectivity index (χ4n) is 2.62. The van der Waals surface area contributed by atoms with Gasteiger partial charge in [-0.3, -0.25) is 9.78 Å². The van der Waals surface area contributed by atoms with E-state index in [-0.39, 0.29) is 10.8 Å². The Bertz CT molecular complexity index is 1040. The Balaban J connectivity index is 1.59. The number of benzene rings is 1. The predicted molar refractivity (Wildman–Crippen MR) is 106 cm³/mol. The molecule has 27 heavy (non-hydrogen) atoms. The number of carbonyl (C=O) groups is 1. The van der Waals surface area contributed by atoms with Crippen LogP contribution in [0.15, 0.2) is 58.8 Å². The second-order valence-electron chi connectivity index (χ2n) is 6.00. The Morgan fingerprint density at radius 3 is 2.48 bits per heavy atom. The van der Waals surface area contributed by atoms with Crippen molar-refractivity contribution in [2.45, 2.75) is 18.2 Å². The number of nitrogens with zero attached hydrogens (tertiary/aromatic N) is 1. The van der Waals surface area contributed by atoms with Crippen molar-refractivity contribution < 1.29 is 13.2 Å². The lowest BCUT2D eigenvalue weighted by Gasteiger charge is -2.09. The fourth-order valence-corrected chi connectivity index (χ4v) is 3.83. The molecule has 0 aliphatic heterocycles. The van der Waals surface area contributed by atoms with Gasteiger partial charge in [-0.25, -0.2) is 13.6 Å². The second-order valence-corrected chi connectivity index (χ2v) is 8.51. The van der Waals surface area contributed by atoms with Gasteiger partial charge < -0.3 is 5.32 Å². The van der Waals surface area contributed by atoms with E-state index >= 15 is 0 Å². The number of nitrogens with two attached hydrogens (primary N) is 1. The molecular weight excluding hydrogens is 382 g/mol. The highest BCUT2D eigenvalue weighted by molar-refractivity contribution is 7.89. The molecule has 1 aromatic carbocycles. The average molecular weight is 402 g/mol. The molecular formula is C19H19N3O3S2. The number of sulfonamides is 1. The summed E-state index contributed by atoms with van der Waals surface area (Å²) in [6, 6.07) is 13.9. The van der Waals surface area contributed by atoms with Crippen molar-refractivity contribution in [2.24, 2.45) is 5.14 Å². The summed E-state index contributed by atoms with van der Waals surface area (Å²) in [4.78, 5) is 18.0. The lowest BCUT2D eigenvalue weighted by Crippen LogP contribution is -2.26. The first-order valence-electron chi connectivity index (χ1n) is 8.26. The number of aryl methyl sites for hydroxylation is 1. The van der Waals surface area contributed by atoms with Crippen LogP contribution in [0.4, 0.5) is 0 Å². The zero-order valence-electron chi connectivity index (χ0n) is 14.7. The molecule has 0 aliphatic rings. The molecule has 8 heteroatoms. The number of thiophene rings is 1. The van der Waals surface area contributed by atoms with Gasteiger partial charge >= 0.3 is 0 Å². The number of aromatic nitrogens is 1. The van der Waals surface area contributed by atoms with Crippen molar-refractivity contribution >= 4 is 27.3 Å². The van der Waals surface area contributed by atoms with Crippen LogP contribution in [0.5, 0.6) is 0 Å². The van der Waals surface area contributed by atoms with Gasteiger partial charge in [-0.05, 0) is 54.6 Å². The van der Waals surface area contributed by atoms with Crippen LogP contribution in [0.3, 0.4) is 0 Å². The van der Waals surface area contributed by atoms with Gasteiger partial charge in [-0.2, -0.15) is 0 Å². The number of rotatable bonds is 6. The molecule has 2 heterocycles. The summed E-state index contributed by atoms with van der Waals surface area (Å²) < 4.78 is 22.5. The number of nitrogens with one attached hydrogen (secondary N) is 1. The molecule has 0 radical (unpaired) electrons. The van der Waals surface area contributed by atoms with Gasteiger partial charge in [0.25, 0.3) is 5.91 Å². The van der Waals surface area contributed by atoms with Crippen molar-refractivity contribution in [3.05, 3.63) is 70.7 Å². The number of pyridine rings is 1. The molecule has 3 rings (SSSR count). The summed E-state index contributed by atoms with van der Waals surface area (Å²) in [5.41, 5.74) is 2.98. The Hall–Kier alpha value is -2.55. The molecule has 0 saturated carbocycles. The average Bonchev–Trinajstić information content (AvgIpc) is 3.16. The van der Waals surface area contributed by atoms with E-state index in [1.807, 2.05) is 30.5 Å². The monoisotopic (exact) mass is 401 g/mol. The molecule has 140 valence electrons. The van der Waals surface area contributed by atoms with E-state index in [1.54, 1.807) is 29.5 Å². The van der Waals surface area contributed by atoms with Gasteiger partial charge in [0.2, 0.25) is 10.0 Å². The summed E-state index contributed by atoms with van der Waals surface area (Å²) in [6.07, 6.45) is 0.580. The van der Waals surface area contributed by atoms with Crippen LogP contribution in [0, 0.1) is 6.92 Å². The van der Waals surface area contributed by atoms with Crippen LogP contribution in [-0.4, -0.2) is 25.9 Å². The third-order valence-electron chi connectivity index (χ3n) is 4.06. The number of carbonyl (C=O) groups excluding carboxylic acids is 1. The smallest absolute Gasteiger partial charge is 0.253 e. The molecule has 0 unspecified atom stereocenters. The lowest BCUT2D eigenvalue weighted by molar-refractivity contribution is 0.0953. The van der Waals surface area contributed by atoms with Crippen molar-refractivity contribution in [3.8, 4) is 10.6 Å². The molecule has 0 atom stereocenters. The van der Waals surface area contributed by atoms with E-state index < -0.39 is 10.0 Å². The Kier molecular flexibility index (Phi) is 5.69. The van der Waals surface area contributed by atoms with E-state index in [0.29, 0.717) is 24.2 Å². The van der Waals surface area contributed by atoms with Gasteiger partial charge in [0.05, 0.1) is 26.7 Å². The summed E-state index contributed by atoms with van der Waals surface area (Å²) in [5, 5.41) is 9.93. The largest absolute Gasteiger partial charge is 0.352 e. The molecule has 3 N–H and O–H groups in total. The van der Waals surface area contributed by atoms with Crippen LogP contribution < -0.4 is 10.5 Å². The van der Waals surface area contributed by atoms with Crippen molar-refractivity contribution in [3.63, 3.8) is 0 Å². The number of hydrogen-bond acceptors (Lipinski definition) is 5. The first kappa shape index (κ1) is 19.2. The third-order valence-corrected chi connectivity index (χ3v) is 5.88. The summed E-state index contributed by atoms with van der Waals surface area (Å²) in [6.45, 7) is 2.25. The predicted octanol–water partition coefficient (Wildman–Crippen LogP) is 2.74. The molecule has 0 saturated heterocycles. The zero-order valence-corrected chi connectivity index (χ0v) is 16.3. The minimum Gasteiger partial charge on any atom is -0.352 e. The topological polar surface area (TPSA) is 102 Å². The van der Waals surface area contributed by atoms with Crippen LogP contribution >= 0.6 is 11.3 Å². The van der Waals surface area contributed by atoms with E-state index in [0.717, 1.165) is 16.1 Å². The third kappa shape index (κ3) is 4.79. The summed E-state index contributed by atoms with van der Waals surface area (Å²) in [5.74, 6) is -0.182. The Morgan fingerprint density at radius 1 is 1.15 bits per heavy atom. The first-order valence-corrected chi connectivity index (χ1v) is 10.7. The van der Waals surface area contributed by atoms with Gasteiger partial charge in [0, 0.05) is 6.54 Å². The molecule has 3 aromatic rings. The maximum atomic E-state index is 12.4. The molecule has 2 aromatic heterocycles. The van der Waals surface area contributed by atoms with E-state index in [9.17, 15) is 13.2 Å². The Morgan fingerprint density at radius 2 is 1.89 bits per heavy atom. The van der Waals surface area contributed by atoms with Crippen LogP contribution in [0.25, 0.3) is 10.6 Å². The van der Waals surface area contributed by atoms with Crippen molar-refractivity contribution in [2.75, 3.05) is 6.54 Å². The molecule has 1 amide bonds. The normalized spacial score (nSPS) is 11.3. The highest BCUT2D eigenvalue weighted by Crippen LogP contribution is 2.23. The van der Waals surface area contributed by atoms with Gasteiger partial charge in [0.15, 0.2) is 0 Å². The maximum Gasteiger partial charge on any atom is 0.253 e. The van der Waals surface area contributed by atoms with Crippen molar-refractivity contribution in [1.82, 2.24) is 10.3 Å². The SMILES string of the molecule is Cc1nc(-c2cccs2)ccc1C(=O)NCCc1ccc(S(N)(=O)=O)cc1.